The lowest BCUT2D eigenvalue weighted by Gasteiger charge is -2.07. The Hall–Kier alpha value is -1.41. The van der Waals surface area contributed by atoms with Gasteiger partial charge in [-0.2, -0.15) is 19.6 Å². The smallest absolute Gasteiger partial charge is 0.256 e. The van der Waals surface area contributed by atoms with Crippen molar-refractivity contribution in [1.29, 1.82) is 0 Å². The van der Waals surface area contributed by atoms with Crippen molar-refractivity contribution < 1.29 is 4.74 Å². The summed E-state index contributed by atoms with van der Waals surface area (Å²) >= 11 is 8.12. The molecular weight excluding hydrogens is 367 g/mol. The van der Waals surface area contributed by atoms with Crippen molar-refractivity contribution in [2.45, 2.75) is 0 Å². The van der Waals surface area contributed by atoms with Gasteiger partial charge in [-0.1, -0.05) is 17.7 Å². The standard InChI is InChI=1S/C11H6ClIN4O/c12-9-5-10(17-11(16-9)14-6-15-17)18-8-3-1-2-7(13)4-8/h1-6H. The van der Waals surface area contributed by atoms with E-state index in [0.717, 1.165) is 3.57 Å². The highest BCUT2D eigenvalue weighted by Crippen LogP contribution is 2.24. The first-order chi connectivity index (χ1) is 8.72. The molecule has 0 aliphatic heterocycles. The summed E-state index contributed by atoms with van der Waals surface area (Å²) in [6.45, 7) is 0. The highest BCUT2D eigenvalue weighted by atomic mass is 127. The summed E-state index contributed by atoms with van der Waals surface area (Å²) in [5.74, 6) is 1.59. The molecule has 90 valence electrons. The molecule has 1 aromatic carbocycles. The average molecular weight is 373 g/mol. The van der Waals surface area contributed by atoms with Crippen molar-refractivity contribution in [1.82, 2.24) is 19.6 Å². The zero-order valence-electron chi connectivity index (χ0n) is 8.92. The third-order valence-electron chi connectivity index (χ3n) is 2.21. The largest absolute Gasteiger partial charge is 0.439 e. The molecule has 3 aromatic rings. The van der Waals surface area contributed by atoms with E-state index in [0.29, 0.717) is 22.6 Å². The molecule has 0 N–H and O–H groups in total. The van der Waals surface area contributed by atoms with Gasteiger partial charge in [0.15, 0.2) is 0 Å². The number of rotatable bonds is 2. The summed E-state index contributed by atoms with van der Waals surface area (Å²) in [6, 6.07) is 9.27. The Balaban J connectivity index is 2.06. The van der Waals surface area contributed by atoms with E-state index in [1.165, 1.54) is 10.8 Å². The first-order valence-electron chi connectivity index (χ1n) is 5.02. The van der Waals surface area contributed by atoms with Gasteiger partial charge in [-0.05, 0) is 40.8 Å². The maximum Gasteiger partial charge on any atom is 0.256 e. The van der Waals surface area contributed by atoms with Gasteiger partial charge < -0.3 is 4.74 Å². The van der Waals surface area contributed by atoms with Gasteiger partial charge in [-0.15, -0.1) is 0 Å². The summed E-state index contributed by atoms with van der Waals surface area (Å²) < 4.78 is 8.32. The molecule has 0 unspecified atom stereocenters. The molecule has 0 bridgehead atoms. The molecule has 0 aliphatic carbocycles. The van der Waals surface area contributed by atoms with E-state index in [1.807, 2.05) is 24.3 Å². The van der Waals surface area contributed by atoms with E-state index in [4.69, 9.17) is 16.3 Å². The maximum absolute atomic E-state index is 5.90. The number of hydrogen-bond donors (Lipinski definition) is 0. The van der Waals surface area contributed by atoms with E-state index >= 15 is 0 Å². The van der Waals surface area contributed by atoms with Gasteiger partial charge in [-0.25, -0.2) is 0 Å². The SMILES string of the molecule is Clc1cc(Oc2cccc(I)c2)n2ncnc2n1. The van der Waals surface area contributed by atoms with Crippen molar-refractivity contribution >= 4 is 40.0 Å². The van der Waals surface area contributed by atoms with Crippen LogP contribution in [-0.4, -0.2) is 19.6 Å². The predicted molar refractivity (Wildman–Crippen MR) is 75.0 cm³/mol. The Morgan fingerprint density at radius 1 is 1.28 bits per heavy atom. The molecule has 2 aromatic heterocycles. The van der Waals surface area contributed by atoms with Crippen LogP contribution in [0.1, 0.15) is 0 Å². The maximum atomic E-state index is 5.90. The Bertz CT molecular complexity index is 715. The van der Waals surface area contributed by atoms with Gasteiger partial charge in [-0.3, -0.25) is 0 Å². The van der Waals surface area contributed by atoms with Gasteiger partial charge in [0.2, 0.25) is 5.88 Å². The van der Waals surface area contributed by atoms with Crippen LogP contribution in [0.3, 0.4) is 0 Å². The van der Waals surface area contributed by atoms with Crippen molar-refractivity contribution in [3.05, 3.63) is 45.4 Å². The van der Waals surface area contributed by atoms with Gasteiger partial charge in [0.1, 0.15) is 17.2 Å². The first-order valence-corrected chi connectivity index (χ1v) is 6.48. The van der Waals surface area contributed by atoms with Crippen LogP contribution >= 0.6 is 34.2 Å². The van der Waals surface area contributed by atoms with Crippen LogP contribution in [0, 0.1) is 3.57 Å². The minimum absolute atomic E-state index is 0.316. The van der Waals surface area contributed by atoms with E-state index in [9.17, 15) is 0 Å². The molecule has 7 heteroatoms. The number of fused-ring (bicyclic) bond motifs is 1. The fourth-order valence-corrected chi connectivity index (χ4v) is 2.17. The zero-order valence-corrected chi connectivity index (χ0v) is 11.8. The molecule has 18 heavy (non-hydrogen) atoms. The van der Waals surface area contributed by atoms with E-state index in [-0.39, 0.29) is 0 Å². The van der Waals surface area contributed by atoms with Crippen molar-refractivity contribution in [2.24, 2.45) is 0 Å². The Labute approximate surface area is 121 Å². The lowest BCUT2D eigenvalue weighted by Crippen LogP contribution is -1.97. The molecule has 5 nitrogen and oxygen atoms in total. The van der Waals surface area contributed by atoms with Gasteiger partial charge in [0.25, 0.3) is 5.78 Å². The molecule has 0 aliphatic rings. The van der Waals surface area contributed by atoms with Crippen LogP contribution in [0.4, 0.5) is 0 Å². The number of hydrogen-bond acceptors (Lipinski definition) is 4. The summed E-state index contributed by atoms with van der Waals surface area (Å²) in [4.78, 5) is 8.00. The second-order valence-corrected chi connectivity index (χ2v) is 5.08. The monoisotopic (exact) mass is 372 g/mol. The third-order valence-corrected chi connectivity index (χ3v) is 3.07. The molecular formula is C11H6ClIN4O. The predicted octanol–water partition coefficient (Wildman–Crippen LogP) is 3.17. The Morgan fingerprint density at radius 3 is 3.00 bits per heavy atom. The summed E-state index contributed by atoms with van der Waals surface area (Å²) in [6.07, 6.45) is 1.40. The molecule has 0 atom stereocenters. The van der Waals surface area contributed by atoms with E-state index in [1.54, 1.807) is 6.07 Å². The van der Waals surface area contributed by atoms with Crippen LogP contribution < -0.4 is 4.74 Å². The molecule has 3 rings (SSSR count). The number of ether oxygens (including phenoxy) is 1. The average Bonchev–Trinajstić information content (AvgIpc) is 2.77. The lowest BCUT2D eigenvalue weighted by molar-refractivity contribution is 0.445. The van der Waals surface area contributed by atoms with Crippen LogP contribution in [-0.2, 0) is 0 Å². The molecule has 0 radical (unpaired) electrons. The molecule has 0 saturated heterocycles. The van der Waals surface area contributed by atoms with Crippen LogP contribution in [0.5, 0.6) is 11.6 Å². The highest BCUT2D eigenvalue weighted by molar-refractivity contribution is 14.1. The van der Waals surface area contributed by atoms with Gasteiger partial charge in [0, 0.05) is 9.64 Å². The molecule has 0 amide bonds. The van der Waals surface area contributed by atoms with Gasteiger partial charge >= 0.3 is 0 Å². The number of aromatic nitrogens is 4. The van der Waals surface area contributed by atoms with Crippen molar-refractivity contribution in [3.8, 4) is 11.6 Å². The molecule has 0 fully saturated rings. The number of benzene rings is 1. The minimum Gasteiger partial charge on any atom is -0.439 e. The summed E-state index contributed by atoms with van der Waals surface area (Å²) in [5.41, 5.74) is 0. The topological polar surface area (TPSA) is 52.3 Å². The van der Waals surface area contributed by atoms with Crippen molar-refractivity contribution in [3.63, 3.8) is 0 Å². The van der Waals surface area contributed by atoms with Crippen LogP contribution in [0.2, 0.25) is 5.15 Å². The molecule has 0 saturated carbocycles. The lowest BCUT2D eigenvalue weighted by atomic mass is 10.3. The second-order valence-electron chi connectivity index (χ2n) is 3.45. The number of nitrogens with zero attached hydrogens (tertiary/aromatic N) is 4. The molecule has 2 heterocycles. The Morgan fingerprint density at radius 2 is 2.17 bits per heavy atom. The fourth-order valence-electron chi connectivity index (χ4n) is 1.48. The zero-order chi connectivity index (χ0) is 12.5. The molecule has 0 spiro atoms. The van der Waals surface area contributed by atoms with E-state index < -0.39 is 0 Å². The fraction of sp³-hybridized carbons (Fsp3) is 0. The normalized spacial score (nSPS) is 10.8. The van der Waals surface area contributed by atoms with Crippen LogP contribution in [0.15, 0.2) is 36.7 Å². The number of halogens is 2. The second kappa shape index (κ2) is 4.69. The van der Waals surface area contributed by atoms with Gasteiger partial charge in [0.05, 0.1) is 0 Å². The van der Waals surface area contributed by atoms with Crippen LogP contribution in [0.25, 0.3) is 5.78 Å². The highest BCUT2D eigenvalue weighted by Gasteiger charge is 2.08. The summed E-state index contributed by atoms with van der Waals surface area (Å²) in [5, 5.41) is 4.35. The third kappa shape index (κ3) is 2.25. The summed E-state index contributed by atoms with van der Waals surface area (Å²) in [7, 11) is 0. The van der Waals surface area contributed by atoms with E-state index in [2.05, 4.69) is 37.7 Å². The first kappa shape index (κ1) is 11.7. The Kier molecular flexibility index (Phi) is 3.04. The minimum atomic E-state index is 0.316. The quantitative estimate of drug-likeness (QED) is 0.512. The van der Waals surface area contributed by atoms with Crippen molar-refractivity contribution in [2.75, 3.05) is 0 Å².